The number of likely N-dealkylation sites (tertiary alicyclic amines) is 2. The van der Waals surface area contributed by atoms with Crippen LogP contribution in [0.3, 0.4) is 0 Å². The molecule has 3 aliphatic rings. The van der Waals surface area contributed by atoms with Crippen molar-refractivity contribution < 1.29 is 9.59 Å². The zero-order valence-corrected chi connectivity index (χ0v) is 13.3. The second kappa shape index (κ2) is 6.86. The number of nitrogens with two attached hydrogens (primary N) is 1. The molecule has 6 nitrogen and oxygen atoms in total. The average molecular weight is 308 g/mol. The monoisotopic (exact) mass is 308 g/mol. The van der Waals surface area contributed by atoms with E-state index in [2.05, 4.69) is 5.32 Å². The van der Waals surface area contributed by atoms with Crippen LogP contribution in [0, 0.1) is 11.8 Å². The lowest BCUT2D eigenvalue weighted by Gasteiger charge is -2.45. The molecule has 3 N–H and O–H groups in total. The Labute approximate surface area is 132 Å². The van der Waals surface area contributed by atoms with Gasteiger partial charge in [-0.2, -0.15) is 0 Å². The molecule has 6 heteroatoms. The number of hydrogen-bond donors (Lipinski definition) is 2. The highest BCUT2D eigenvalue weighted by molar-refractivity contribution is 5.78. The minimum Gasteiger partial charge on any atom is -0.369 e. The number of urea groups is 1. The van der Waals surface area contributed by atoms with Crippen molar-refractivity contribution in [1.82, 2.24) is 15.1 Å². The number of hydrogen-bond acceptors (Lipinski definition) is 3. The van der Waals surface area contributed by atoms with E-state index in [-0.39, 0.29) is 23.9 Å². The van der Waals surface area contributed by atoms with Crippen LogP contribution >= 0.6 is 0 Å². The Morgan fingerprint density at radius 1 is 1.05 bits per heavy atom. The molecule has 22 heavy (non-hydrogen) atoms. The minimum atomic E-state index is -0.206. The van der Waals surface area contributed by atoms with E-state index in [1.165, 1.54) is 0 Å². The maximum Gasteiger partial charge on any atom is 0.320 e. The first kappa shape index (κ1) is 15.6. The normalized spacial score (nSPS) is 33.0. The van der Waals surface area contributed by atoms with E-state index in [1.807, 2.05) is 9.80 Å². The topological polar surface area (TPSA) is 78.7 Å². The van der Waals surface area contributed by atoms with Crippen molar-refractivity contribution in [2.24, 2.45) is 17.6 Å². The van der Waals surface area contributed by atoms with Crippen LogP contribution in [0.2, 0.25) is 0 Å². The second-order valence-corrected chi connectivity index (χ2v) is 6.97. The predicted molar refractivity (Wildman–Crippen MR) is 84.2 cm³/mol. The molecule has 3 fully saturated rings. The fraction of sp³-hybridized carbons (Fsp3) is 0.875. The summed E-state index contributed by atoms with van der Waals surface area (Å²) in [6.07, 6.45) is 5.95. The summed E-state index contributed by atoms with van der Waals surface area (Å²) in [6.45, 7) is 4.43. The highest BCUT2D eigenvalue weighted by Gasteiger charge is 2.40. The summed E-state index contributed by atoms with van der Waals surface area (Å²) in [5.41, 5.74) is 5.53. The summed E-state index contributed by atoms with van der Waals surface area (Å²) >= 11 is 0. The van der Waals surface area contributed by atoms with Gasteiger partial charge in [0.15, 0.2) is 0 Å². The van der Waals surface area contributed by atoms with Crippen LogP contribution in [0.15, 0.2) is 0 Å². The minimum absolute atomic E-state index is 0.0745. The molecule has 3 rings (SSSR count). The average Bonchev–Trinajstić information content (AvgIpc) is 3.09. The van der Waals surface area contributed by atoms with Crippen LogP contribution in [0.1, 0.15) is 38.5 Å². The quantitative estimate of drug-likeness (QED) is 0.791. The van der Waals surface area contributed by atoms with Gasteiger partial charge in [-0.3, -0.25) is 4.79 Å². The third kappa shape index (κ3) is 3.21. The molecular weight excluding hydrogens is 280 g/mol. The molecule has 2 unspecified atom stereocenters. The van der Waals surface area contributed by atoms with Crippen LogP contribution in [-0.4, -0.2) is 60.5 Å². The van der Waals surface area contributed by atoms with Crippen molar-refractivity contribution >= 4 is 11.9 Å². The molecule has 3 heterocycles. The fourth-order valence-electron chi connectivity index (χ4n) is 4.24. The van der Waals surface area contributed by atoms with Crippen LogP contribution < -0.4 is 11.1 Å². The number of nitrogens with zero attached hydrogens (tertiary/aromatic N) is 2. The number of amides is 3. The van der Waals surface area contributed by atoms with Crippen LogP contribution in [0.4, 0.5) is 4.79 Å². The molecular formula is C16H28N4O2. The zero-order valence-electron chi connectivity index (χ0n) is 13.3. The number of rotatable bonds is 2. The van der Waals surface area contributed by atoms with E-state index in [0.717, 1.165) is 58.3 Å². The maximum atomic E-state index is 12.8. The van der Waals surface area contributed by atoms with Gasteiger partial charge < -0.3 is 20.9 Å². The molecule has 0 saturated carbocycles. The standard InChI is InChI=1S/C16H28N4O2/c17-15(21)12-5-9-20(16(22)19-7-1-2-8-19)14(10-12)13-4-3-6-18-11-13/h12-14,18H,1-11H2,(H2,17,21)/t12?,13-,14?/m0/s1. The lowest BCUT2D eigenvalue weighted by molar-refractivity contribution is -0.124. The molecule has 0 aliphatic carbocycles. The lowest BCUT2D eigenvalue weighted by Crippen LogP contribution is -2.57. The lowest BCUT2D eigenvalue weighted by atomic mass is 9.80. The Kier molecular flexibility index (Phi) is 4.86. The molecule has 3 aliphatic heterocycles. The van der Waals surface area contributed by atoms with E-state index in [0.29, 0.717) is 18.9 Å². The summed E-state index contributed by atoms with van der Waals surface area (Å²) in [5.74, 6) is 0.166. The highest BCUT2D eigenvalue weighted by atomic mass is 16.2. The second-order valence-electron chi connectivity index (χ2n) is 6.97. The van der Waals surface area contributed by atoms with Crippen molar-refractivity contribution in [2.45, 2.75) is 44.6 Å². The summed E-state index contributed by atoms with van der Waals surface area (Å²) in [7, 11) is 0. The van der Waals surface area contributed by atoms with Crippen molar-refractivity contribution in [3.63, 3.8) is 0 Å². The van der Waals surface area contributed by atoms with Gasteiger partial charge in [0.2, 0.25) is 5.91 Å². The molecule has 3 amide bonds. The number of carbonyl (C=O) groups is 2. The van der Waals surface area contributed by atoms with Gasteiger partial charge in [0.25, 0.3) is 0 Å². The van der Waals surface area contributed by atoms with Crippen molar-refractivity contribution in [1.29, 1.82) is 0 Å². The van der Waals surface area contributed by atoms with Gasteiger partial charge in [0.05, 0.1) is 0 Å². The van der Waals surface area contributed by atoms with Crippen LogP contribution in [-0.2, 0) is 4.79 Å². The Morgan fingerprint density at radius 2 is 1.82 bits per heavy atom. The fourth-order valence-corrected chi connectivity index (χ4v) is 4.24. The number of carbonyl (C=O) groups excluding carboxylic acids is 2. The third-order valence-electron chi connectivity index (χ3n) is 5.55. The Bertz CT molecular complexity index is 416. The maximum absolute atomic E-state index is 12.8. The summed E-state index contributed by atoms with van der Waals surface area (Å²) in [4.78, 5) is 28.5. The number of piperidine rings is 2. The van der Waals surface area contributed by atoms with Gasteiger partial charge in [0, 0.05) is 31.6 Å². The molecule has 0 radical (unpaired) electrons. The van der Waals surface area contributed by atoms with E-state index in [4.69, 9.17) is 5.73 Å². The highest BCUT2D eigenvalue weighted by Crippen LogP contribution is 2.32. The Balaban J connectivity index is 1.73. The van der Waals surface area contributed by atoms with Gasteiger partial charge >= 0.3 is 6.03 Å². The first-order chi connectivity index (χ1) is 10.7. The van der Waals surface area contributed by atoms with Gasteiger partial charge in [-0.1, -0.05) is 0 Å². The van der Waals surface area contributed by atoms with E-state index in [1.54, 1.807) is 0 Å². The largest absolute Gasteiger partial charge is 0.369 e. The van der Waals surface area contributed by atoms with E-state index in [9.17, 15) is 9.59 Å². The molecule has 0 spiro atoms. The first-order valence-corrected chi connectivity index (χ1v) is 8.72. The van der Waals surface area contributed by atoms with Gasteiger partial charge in [-0.25, -0.2) is 4.79 Å². The van der Waals surface area contributed by atoms with Gasteiger partial charge in [0.1, 0.15) is 0 Å². The van der Waals surface area contributed by atoms with Crippen molar-refractivity contribution in [3.8, 4) is 0 Å². The first-order valence-electron chi connectivity index (χ1n) is 8.72. The molecule has 0 aromatic carbocycles. The van der Waals surface area contributed by atoms with Gasteiger partial charge in [-0.15, -0.1) is 0 Å². The number of nitrogens with one attached hydrogen (secondary N) is 1. The molecule has 0 bridgehead atoms. The summed E-state index contributed by atoms with van der Waals surface area (Å²) < 4.78 is 0. The molecule has 0 aromatic rings. The summed E-state index contributed by atoms with van der Waals surface area (Å²) in [5, 5.41) is 3.44. The van der Waals surface area contributed by atoms with Crippen LogP contribution in [0.5, 0.6) is 0 Å². The zero-order chi connectivity index (χ0) is 15.5. The van der Waals surface area contributed by atoms with Crippen molar-refractivity contribution in [2.75, 3.05) is 32.7 Å². The predicted octanol–water partition coefficient (Wildman–Crippen LogP) is 0.768. The Morgan fingerprint density at radius 3 is 2.45 bits per heavy atom. The van der Waals surface area contributed by atoms with Gasteiger partial charge in [-0.05, 0) is 57.5 Å². The third-order valence-corrected chi connectivity index (χ3v) is 5.55. The van der Waals surface area contributed by atoms with E-state index >= 15 is 0 Å². The smallest absolute Gasteiger partial charge is 0.320 e. The number of primary amides is 1. The molecule has 3 saturated heterocycles. The van der Waals surface area contributed by atoms with E-state index < -0.39 is 0 Å². The molecule has 0 aromatic heterocycles. The molecule has 124 valence electrons. The summed E-state index contributed by atoms with van der Waals surface area (Å²) in [6, 6.07) is 0.336. The van der Waals surface area contributed by atoms with Crippen molar-refractivity contribution in [3.05, 3.63) is 0 Å². The van der Waals surface area contributed by atoms with Crippen LogP contribution in [0.25, 0.3) is 0 Å². The molecule has 3 atom stereocenters. The SMILES string of the molecule is NC(=O)C1CCN(C(=O)N2CCCC2)C([C@H]2CCCNC2)C1. The Hall–Kier alpha value is -1.30.